The Labute approximate surface area is 93.7 Å². The van der Waals surface area contributed by atoms with Crippen LogP contribution in [0.4, 0.5) is 0 Å². The predicted octanol–water partition coefficient (Wildman–Crippen LogP) is 3.71. The van der Waals surface area contributed by atoms with Gasteiger partial charge in [0.05, 0.1) is 6.61 Å². The molecule has 0 rings (SSSR count). The molecule has 0 bridgehead atoms. The van der Waals surface area contributed by atoms with E-state index in [9.17, 15) is 4.79 Å². The van der Waals surface area contributed by atoms with Crippen LogP contribution in [-0.2, 0) is 9.53 Å². The minimum Gasteiger partial charge on any atom is -0.463 e. The summed E-state index contributed by atoms with van der Waals surface area (Å²) in [4.78, 5) is 10.7. The number of ether oxygens (including phenoxy) is 1. The highest BCUT2D eigenvalue weighted by molar-refractivity contribution is 5.81. The molecule has 0 aliphatic carbocycles. The van der Waals surface area contributed by atoms with Crippen LogP contribution in [0.25, 0.3) is 0 Å². The van der Waals surface area contributed by atoms with Gasteiger partial charge >= 0.3 is 5.97 Å². The topological polar surface area (TPSA) is 26.3 Å². The molecule has 0 saturated carbocycles. The number of hydrogen-bond donors (Lipinski definition) is 0. The van der Waals surface area contributed by atoms with Crippen molar-refractivity contribution in [2.75, 3.05) is 6.61 Å². The molecule has 0 aromatic rings. The van der Waals surface area contributed by atoms with Crippen molar-refractivity contribution >= 4 is 5.97 Å². The Kier molecular flexibility index (Phi) is 9.24. The predicted molar refractivity (Wildman–Crippen MR) is 63.7 cm³/mol. The van der Waals surface area contributed by atoms with Gasteiger partial charge < -0.3 is 4.74 Å². The molecule has 2 heteroatoms. The van der Waals surface area contributed by atoms with Crippen LogP contribution in [0.15, 0.2) is 12.7 Å². The van der Waals surface area contributed by atoms with E-state index in [0.717, 1.165) is 18.8 Å². The normalized spacial score (nSPS) is 12.1. The highest BCUT2D eigenvalue weighted by Crippen LogP contribution is 2.12. The van der Waals surface area contributed by atoms with E-state index in [2.05, 4.69) is 20.4 Å². The summed E-state index contributed by atoms with van der Waals surface area (Å²) in [5.41, 5.74) is 0. The van der Waals surface area contributed by atoms with Crippen molar-refractivity contribution in [2.24, 2.45) is 5.92 Å². The lowest BCUT2D eigenvalue weighted by molar-refractivity contribution is -0.137. The van der Waals surface area contributed by atoms with Gasteiger partial charge in [-0.3, -0.25) is 0 Å². The molecule has 0 aromatic heterocycles. The molecular formula is C13H24O2. The van der Waals surface area contributed by atoms with Gasteiger partial charge in [0.1, 0.15) is 0 Å². The van der Waals surface area contributed by atoms with Crippen molar-refractivity contribution in [3.8, 4) is 0 Å². The van der Waals surface area contributed by atoms with E-state index in [1.54, 1.807) is 0 Å². The molecule has 0 spiro atoms. The van der Waals surface area contributed by atoms with E-state index in [0.29, 0.717) is 6.61 Å². The summed E-state index contributed by atoms with van der Waals surface area (Å²) in [7, 11) is 0. The van der Waals surface area contributed by atoms with E-state index in [1.165, 1.54) is 31.8 Å². The highest BCUT2D eigenvalue weighted by Gasteiger charge is 1.98. The third-order valence-electron chi connectivity index (χ3n) is 2.70. The lowest BCUT2D eigenvalue weighted by atomic mass is 10.0. The zero-order chi connectivity index (χ0) is 11.5. The van der Waals surface area contributed by atoms with Crippen LogP contribution >= 0.6 is 0 Å². The maximum absolute atomic E-state index is 10.7. The molecule has 0 aromatic carbocycles. The summed E-state index contributed by atoms with van der Waals surface area (Å²) in [5, 5.41) is 0. The molecule has 15 heavy (non-hydrogen) atoms. The van der Waals surface area contributed by atoms with Crippen LogP contribution < -0.4 is 0 Å². The minimum absolute atomic E-state index is 0.311. The molecule has 0 aliphatic rings. The standard InChI is InChI=1S/C13H24O2/c1-4-12(3)10-8-6-7-9-11-15-13(14)5-2/h5,12H,2,4,6-11H2,1,3H3. The summed E-state index contributed by atoms with van der Waals surface area (Å²) in [6.45, 7) is 8.41. The second-order valence-electron chi connectivity index (χ2n) is 4.09. The molecule has 0 radical (unpaired) electrons. The Morgan fingerprint density at radius 3 is 2.60 bits per heavy atom. The smallest absolute Gasteiger partial charge is 0.330 e. The van der Waals surface area contributed by atoms with Crippen LogP contribution in [0.3, 0.4) is 0 Å². The van der Waals surface area contributed by atoms with Gasteiger partial charge in [0, 0.05) is 6.08 Å². The molecule has 0 N–H and O–H groups in total. The Balaban J connectivity index is 3.11. The number of rotatable bonds is 9. The Bertz CT molecular complexity index is 175. The number of esters is 1. The molecule has 88 valence electrons. The van der Waals surface area contributed by atoms with E-state index in [4.69, 9.17) is 4.74 Å². The summed E-state index contributed by atoms with van der Waals surface area (Å²) in [6.07, 6.45) is 8.48. The zero-order valence-electron chi connectivity index (χ0n) is 10.1. The first-order chi connectivity index (χ1) is 7.20. The number of hydrogen-bond acceptors (Lipinski definition) is 2. The van der Waals surface area contributed by atoms with Crippen LogP contribution in [0, 0.1) is 5.92 Å². The lowest BCUT2D eigenvalue weighted by Crippen LogP contribution is -2.01. The van der Waals surface area contributed by atoms with Crippen molar-refractivity contribution in [3.05, 3.63) is 12.7 Å². The van der Waals surface area contributed by atoms with Gasteiger partial charge in [-0.25, -0.2) is 4.79 Å². The highest BCUT2D eigenvalue weighted by atomic mass is 16.5. The number of carbonyl (C=O) groups excluding carboxylic acids is 1. The largest absolute Gasteiger partial charge is 0.463 e. The number of carbonyl (C=O) groups is 1. The Morgan fingerprint density at radius 2 is 2.00 bits per heavy atom. The van der Waals surface area contributed by atoms with E-state index in [-0.39, 0.29) is 5.97 Å². The summed E-state index contributed by atoms with van der Waals surface area (Å²) in [5.74, 6) is 0.540. The second kappa shape index (κ2) is 9.75. The Morgan fingerprint density at radius 1 is 1.33 bits per heavy atom. The molecule has 0 heterocycles. The van der Waals surface area contributed by atoms with Crippen molar-refractivity contribution in [1.29, 1.82) is 0 Å². The second-order valence-corrected chi connectivity index (χ2v) is 4.09. The molecule has 1 unspecified atom stereocenters. The van der Waals surface area contributed by atoms with Crippen molar-refractivity contribution in [2.45, 2.75) is 52.4 Å². The molecule has 0 saturated heterocycles. The van der Waals surface area contributed by atoms with Crippen LogP contribution in [-0.4, -0.2) is 12.6 Å². The molecule has 1 atom stereocenters. The van der Waals surface area contributed by atoms with Gasteiger partial charge in [-0.2, -0.15) is 0 Å². The number of unbranched alkanes of at least 4 members (excludes halogenated alkanes) is 3. The van der Waals surface area contributed by atoms with Gasteiger partial charge in [-0.15, -0.1) is 0 Å². The molecular weight excluding hydrogens is 188 g/mol. The molecule has 0 aliphatic heterocycles. The average Bonchev–Trinajstić information content (AvgIpc) is 2.26. The van der Waals surface area contributed by atoms with Gasteiger partial charge in [0.2, 0.25) is 0 Å². The van der Waals surface area contributed by atoms with Crippen molar-refractivity contribution < 1.29 is 9.53 Å². The Hall–Kier alpha value is -0.790. The third-order valence-corrected chi connectivity index (χ3v) is 2.70. The average molecular weight is 212 g/mol. The quantitative estimate of drug-likeness (QED) is 0.331. The first-order valence-electron chi connectivity index (χ1n) is 5.99. The summed E-state index contributed by atoms with van der Waals surface area (Å²) in [6, 6.07) is 0. The fourth-order valence-electron chi connectivity index (χ4n) is 1.38. The zero-order valence-corrected chi connectivity index (χ0v) is 10.1. The van der Waals surface area contributed by atoms with Crippen LogP contribution in [0.2, 0.25) is 0 Å². The van der Waals surface area contributed by atoms with Gasteiger partial charge in [0.25, 0.3) is 0 Å². The lowest BCUT2D eigenvalue weighted by Gasteiger charge is -2.07. The third kappa shape index (κ3) is 9.51. The molecule has 0 amide bonds. The fraction of sp³-hybridized carbons (Fsp3) is 0.769. The maximum Gasteiger partial charge on any atom is 0.330 e. The van der Waals surface area contributed by atoms with Crippen LogP contribution in [0.1, 0.15) is 52.4 Å². The van der Waals surface area contributed by atoms with E-state index < -0.39 is 0 Å². The first-order valence-corrected chi connectivity index (χ1v) is 5.99. The molecule has 2 nitrogen and oxygen atoms in total. The van der Waals surface area contributed by atoms with E-state index >= 15 is 0 Å². The van der Waals surface area contributed by atoms with Gasteiger partial charge in [0.15, 0.2) is 0 Å². The van der Waals surface area contributed by atoms with Gasteiger partial charge in [-0.1, -0.05) is 52.5 Å². The SMILES string of the molecule is C=CC(=O)OCCCCCCC(C)CC. The van der Waals surface area contributed by atoms with Crippen molar-refractivity contribution in [3.63, 3.8) is 0 Å². The van der Waals surface area contributed by atoms with Gasteiger partial charge in [-0.05, 0) is 12.3 Å². The fourth-order valence-corrected chi connectivity index (χ4v) is 1.38. The summed E-state index contributed by atoms with van der Waals surface area (Å²) < 4.78 is 4.88. The minimum atomic E-state index is -0.311. The van der Waals surface area contributed by atoms with Crippen LogP contribution in [0.5, 0.6) is 0 Å². The molecule has 0 fully saturated rings. The van der Waals surface area contributed by atoms with Crippen molar-refractivity contribution in [1.82, 2.24) is 0 Å². The monoisotopic (exact) mass is 212 g/mol. The summed E-state index contributed by atoms with van der Waals surface area (Å²) >= 11 is 0. The van der Waals surface area contributed by atoms with E-state index in [1.807, 2.05) is 0 Å². The first kappa shape index (κ1) is 14.2. The maximum atomic E-state index is 10.7.